The van der Waals surface area contributed by atoms with Crippen molar-refractivity contribution < 1.29 is 18.3 Å². The monoisotopic (exact) mass is 294 g/mol. The highest BCUT2D eigenvalue weighted by Crippen LogP contribution is 2.31. The van der Waals surface area contributed by atoms with Crippen LogP contribution in [-0.4, -0.2) is 31.3 Å². The molecule has 0 radical (unpaired) electrons. The first-order valence-corrected chi connectivity index (χ1v) is 7.65. The third-order valence-corrected chi connectivity index (χ3v) is 5.33. The maximum Gasteiger partial charge on any atom is 0.335 e. The fraction of sp³-hybridized carbons (Fsp3) is 0.385. The van der Waals surface area contributed by atoms with Gasteiger partial charge < -0.3 is 5.11 Å². The fourth-order valence-corrected chi connectivity index (χ4v) is 3.57. The van der Waals surface area contributed by atoms with Crippen LogP contribution in [0, 0.1) is 11.3 Å². The van der Waals surface area contributed by atoms with Crippen molar-refractivity contribution >= 4 is 21.7 Å². The molecule has 6 nitrogen and oxygen atoms in total. The lowest BCUT2D eigenvalue weighted by atomic mass is 10.0. The summed E-state index contributed by atoms with van der Waals surface area (Å²) in [4.78, 5) is 10.9. The lowest BCUT2D eigenvalue weighted by Crippen LogP contribution is -2.40. The Kier molecular flexibility index (Phi) is 3.68. The van der Waals surface area contributed by atoms with Gasteiger partial charge in [0.1, 0.15) is 0 Å². The number of aryl methyl sites for hydroxylation is 1. The van der Waals surface area contributed by atoms with Crippen molar-refractivity contribution in [1.82, 2.24) is 0 Å². The SMILES string of the molecule is CC(C#N)S(=O)(=O)N1CCCc2cc(C(=O)O)ccc21. The van der Waals surface area contributed by atoms with Crippen LogP contribution in [0.25, 0.3) is 0 Å². The summed E-state index contributed by atoms with van der Waals surface area (Å²) in [5.41, 5.74) is 1.30. The molecule has 1 heterocycles. The van der Waals surface area contributed by atoms with Gasteiger partial charge in [-0.15, -0.1) is 0 Å². The van der Waals surface area contributed by atoms with Crippen molar-refractivity contribution in [3.8, 4) is 6.07 Å². The van der Waals surface area contributed by atoms with Gasteiger partial charge in [-0.3, -0.25) is 4.31 Å². The molecule has 0 aromatic heterocycles. The van der Waals surface area contributed by atoms with Crippen molar-refractivity contribution in [2.24, 2.45) is 0 Å². The maximum absolute atomic E-state index is 12.3. The quantitative estimate of drug-likeness (QED) is 0.908. The number of fused-ring (bicyclic) bond motifs is 1. The summed E-state index contributed by atoms with van der Waals surface area (Å²) in [5.74, 6) is -1.04. The number of nitriles is 1. The van der Waals surface area contributed by atoms with Crippen LogP contribution >= 0.6 is 0 Å². The first-order valence-electron chi connectivity index (χ1n) is 6.15. The molecule has 1 aliphatic heterocycles. The number of aromatic carboxylic acids is 1. The standard InChI is InChI=1S/C13H14N2O4S/c1-9(8-14)20(18,19)15-6-2-3-10-7-11(13(16)17)4-5-12(10)15/h4-5,7,9H,2-3,6H2,1H3,(H,16,17). The molecular weight excluding hydrogens is 280 g/mol. The zero-order chi connectivity index (χ0) is 14.9. The smallest absolute Gasteiger partial charge is 0.335 e. The predicted octanol–water partition coefficient (Wildman–Crippen LogP) is 1.38. The van der Waals surface area contributed by atoms with E-state index in [1.165, 1.54) is 29.4 Å². The molecule has 0 saturated carbocycles. The largest absolute Gasteiger partial charge is 0.478 e. The van der Waals surface area contributed by atoms with E-state index in [2.05, 4.69) is 0 Å². The molecule has 1 atom stereocenters. The lowest BCUT2D eigenvalue weighted by molar-refractivity contribution is 0.0697. The Hall–Kier alpha value is -2.07. The minimum Gasteiger partial charge on any atom is -0.478 e. The highest BCUT2D eigenvalue weighted by atomic mass is 32.2. The molecule has 0 bridgehead atoms. The molecule has 7 heteroatoms. The van der Waals surface area contributed by atoms with E-state index in [1.54, 1.807) is 6.07 Å². The second kappa shape index (κ2) is 5.13. The van der Waals surface area contributed by atoms with E-state index in [-0.39, 0.29) is 5.56 Å². The third-order valence-electron chi connectivity index (χ3n) is 3.34. The predicted molar refractivity (Wildman–Crippen MR) is 73.1 cm³/mol. The van der Waals surface area contributed by atoms with E-state index in [1.807, 2.05) is 0 Å². The zero-order valence-corrected chi connectivity index (χ0v) is 11.7. The van der Waals surface area contributed by atoms with Crippen molar-refractivity contribution in [3.05, 3.63) is 29.3 Å². The van der Waals surface area contributed by atoms with Crippen LogP contribution in [0.4, 0.5) is 5.69 Å². The van der Waals surface area contributed by atoms with E-state index in [9.17, 15) is 13.2 Å². The number of carboxylic acids is 1. The van der Waals surface area contributed by atoms with Gasteiger partial charge in [-0.2, -0.15) is 5.26 Å². The number of benzene rings is 1. The minimum absolute atomic E-state index is 0.135. The molecular formula is C13H14N2O4S. The molecule has 0 fully saturated rings. The van der Waals surface area contributed by atoms with Crippen LogP contribution in [0.5, 0.6) is 0 Å². The minimum atomic E-state index is -3.73. The second-order valence-electron chi connectivity index (χ2n) is 4.64. The van der Waals surface area contributed by atoms with Crippen LogP contribution in [0.3, 0.4) is 0 Å². The maximum atomic E-state index is 12.3. The van der Waals surface area contributed by atoms with Crippen LogP contribution in [0.2, 0.25) is 0 Å². The molecule has 0 saturated heterocycles. The van der Waals surface area contributed by atoms with Crippen molar-refractivity contribution in [2.75, 3.05) is 10.8 Å². The van der Waals surface area contributed by atoms with E-state index in [0.29, 0.717) is 30.6 Å². The fourth-order valence-electron chi connectivity index (χ4n) is 2.22. The molecule has 1 aliphatic rings. The molecule has 0 aliphatic carbocycles. The Bertz CT molecular complexity index is 691. The number of sulfonamides is 1. The summed E-state index contributed by atoms with van der Waals surface area (Å²) in [6.45, 7) is 1.66. The summed E-state index contributed by atoms with van der Waals surface area (Å²) < 4.78 is 25.8. The Morgan fingerprint density at radius 3 is 2.80 bits per heavy atom. The molecule has 2 rings (SSSR count). The number of nitrogens with zero attached hydrogens (tertiary/aromatic N) is 2. The molecule has 0 amide bonds. The molecule has 1 N–H and O–H groups in total. The van der Waals surface area contributed by atoms with Gasteiger partial charge in [0.15, 0.2) is 5.25 Å². The lowest BCUT2D eigenvalue weighted by Gasteiger charge is -2.31. The molecule has 106 valence electrons. The first-order chi connectivity index (χ1) is 9.37. The average molecular weight is 294 g/mol. The highest BCUT2D eigenvalue weighted by molar-refractivity contribution is 7.93. The summed E-state index contributed by atoms with van der Waals surface area (Å²) in [7, 11) is -3.73. The number of hydrogen-bond donors (Lipinski definition) is 1. The van der Waals surface area contributed by atoms with Crippen LogP contribution in [0.15, 0.2) is 18.2 Å². The Balaban J connectivity index is 2.49. The van der Waals surface area contributed by atoms with Crippen LogP contribution in [0.1, 0.15) is 29.3 Å². The Labute approximate surface area is 117 Å². The summed E-state index contributed by atoms with van der Waals surface area (Å²) in [6.07, 6.45) is 1.23. The van der Waals surface area contributed by atoms with Crippen LogP contribution < -0.4 is 4.31 Å². The van der Waals surface area contributed by atoms with Gasteiger partial charge in [-0.25, -0.2) is 13.2 Å². The van der Waals surface area contributed by atoms with Gasteiger partial charge in [0.05, 0.1) is 17.3 Å². The molecule has 0 spiro atoms. The number of rotatable bonds is 3. The normalized spacial score (nSPS) is 16.1. The molecule has 1 aromatic rings. The van der Waals surface area contributed by atoms with Gasteiger partial charge in [0.25, 0.3) is 10.0 Å². The molecule has 1 unspecified atom stereocenters. The van der Waals surface area contributed by atoms with Gasteiger partial charge in [-0.05, 0) is 43.5 Å². The topological polar surface area (TPSA) is 98.5 Å². The van der Waals surface area contributed by atoms with E-state index >= 15 is 0 Å². The summed E-state index contributed by atoms with van der Waals surface area (Å²) >= 11 is 0. The Morgan fingerprint density at radius 1 is 1.50 bits per heavy atom. The van der Waals surface area contributed by atoms with Gasteiger partial charge >= 0.3 is 5.97 Å². The van der Waals surface area contributed by atoms with E-state index < -0.39 is 21.2 Å². The van der Waals surface area contributed by atoms with Crippen molar-refractivity contribution in [3.63, 3.8) is 0 Å². The second-order valence-corrected chi connectivity index (χ2v) is 6.82. The molecule has 1 aromatic carbocycles. The molecule has 20 heavy (non-hydrogen) atoms. The summed E-state index contributed by atoms with van der Waals surface area (Å²) in [5, 5.41) is 16.7. The van der Waals surface area contributed by atoms with E-state index in [4.69, 9.17) is 10.4 Å². The number of anilines is 1. The van der Waals surface area contributed by atoms with Crippen molar-refractivity contribution in [1.29, 1.82) is 5.26 Å². The van der Waals surface area contributed by atoms with Crippen molar-refractivity contribution in [2.45, 2.75) is 25.0 Å². The number of carboxylic acid groups (broad SMARTS) is 1. The van der Waals surface area contributed by atoms with Gasteiger partial charge in [0.2, 0.25) is 0 Å². The zero-order valence-electron chi connectivity index (χ0n) is 10.9. The Morgan fingerprint density at radius 2 is 2.20 bits per heavy atom. The van der Waals surface area contributed by atoms with Crippen LogP contribution in [-0.2, 0) is 16.4 Å². The summed E-state index contributed by atoms with van der Waals surface area (Å²) in [6, 6.07) is 6.12. The van der Waals surface area contributed by atoms with Gasteiger partial charge in [-0.1, -0.05) is 0 Å². The number of carbonyl (C=O) groups is 1. The number of hydrogen-bond acceptors (Lipinski definition) is 4. The van der Waals surface area contributed by atoms with E-state index in [0.717, 1.165) is 0 Å². The van der Waals surface area contributed by atoms with Gasteiger partial charge in [0, 0.05) is 6.54 Å². The first kappa shape index (κ1) is 14.3. The third kappa shape index (κ3) is 2.34. The average Bonchev–Trinajstić information content (AvgIpc) is 2.44. The highest BCUT2D eigenvalue weighted by Gasteiger charge is 2.32.